The summed E-state index contributed by atoms with van der Waals surface area (Å²) in [6.07, 6.45) is 5.05. The normalized spacial score (nSPS) is 15.0. The van der Waals surface area contributed by atoms with Crippen LogP contribution in [0.15, 0.2) is 36.7 Å². The Balaban J connectivity index is 1.27. The van der Waals surface area contributed by atoms with E-state index in [1.807, 2.05) is 13.0 Å². The number of carbonyl (C=O) groups is 1. The number of unbranched alkanes of at least 4 members (excludes halogenated alkanes) is 1. The van der Waals surface area contributed by atoms with Crippen molar-refractivity contribution in [1.29, 1.82) is 0 Å². The SMILES string of the molecule is CCOCCn1c(N2CCN(CCCCn3cc(C(=O)O)cn3)CC2)nc2ccccc21. The number of carboxylic acids is 1. The molecule has 1 saturated heterocycles. The van der Waals surface area contributed by atoms with E-state index in [-0.39, 0.29) is 5.56 Å². The smallest absolute Gasteiger partial charge is 0.338 e. The topological polar surface area (TPSA) is 88.7 Å². The molecule has 2 aromatic heterocycles. The summed E-state index contributed by atoms with van der Waals surface area (Å²) in [6.45, 7) is 9.97. The molecule has 1 aliphatic heterocycles. The van der Waals surface area contributed by atoms with Crippen molar-refractivity contribution >= 4 is 23.0 Å². The van der Waals surface area contributed by atoms with E-state index < -0.39 is 5.97 Å². The van der Waals surface area contributed by atoms with Crippen molar-refractivity contribution in [3.8, 4) is 0 Å². The Morgan fingerprint density at radius 3 is 2.62 bits per heavy atom. The number of piperazine rings is 1. The third kappa shape index (κ3) is 5.28. The van der Waals surface area contributed by atoms with Crippen LogP contribution in [0.5, 0.6) is 0 Å². The fourth-order valence-corrected chi connectivity index (χ4v) is 4.20. The number of ether oxygens (including phenoxy) is 1. The molecule has 1 aromatic carbocycles. The maximum atomic E-state index is 10.9. The van der Waals surface area contributed by atoms with Crippen molar-refractivity contribution in [2.45, 2.75) is 32.9 Å². The average Bonchev–Trinajstić information content (AvgIpc) is 3.43. The number of para-hydroxylation sites is 2. The van der Waals surface area contributed by atoms with Gasteiger partial charge < -0.3 is 19.3 Å². The lowest BCUT2D eigenvalue weighted by molar-refractivity contribution is 0.0696. The number of hydrogen-bond donors (Lipinski definition) is 1. The number of anilines is 1. The highest BCUT2D eigenvalue weighted by Gasteiger charge is 2.22. The molecule has 0 bridgehead atoms. The van der Waals surface area contributed by atoms with E-state index in [0.717, 1.165) is 82.2 Å². The predicted octanol–water partition coefficient (Wildman–Crippen LogP) is 2.57. The van der Waals surface area contributed by atoms with Crippen molar-refractivity contribution in [3.05, 3.63) is 42.2 Å². The van der Waals surface area contributed by atoms with Crippen LogP contribution in [0.3, 0.4) is 0 Å². The van der Waals surface area contributed by atoms with Gasteiger partial charge in [0.15, 0.2) is 0 Å². The van der Waals surface area contributed by atoms with Crippen molar-refractivity contribution in [1.82, 2.24) is 24.2 Å². The molecule has 0 amide bonds. The van der Waals surface area contributed by atoms with E-state index in [0.29, 0.717) is 6.61 Å². The molecule has 0 aliphatic carbocycles. The van der Waals surface area contributed by atoms with E-state index in [1.165, 1.54) is 6.20 Å². The van der Waals surface area contributed by atoms with Crippen LogP contribution in [-0.4, -0.2) is 81.2 Å². The molecule has 9 nitrogen and oxygen atoms in total. The van der Waals surface area contributed by atoms with Gasteiger partial charge in [-0.3, -0.25) is 9.58 Å². The number of benzene rings is 1. The molecule has 0 spiro atoms. The summed E-state index contributed by atoms with van der Waals surface area (Å²) in [5, 5.41) is 13.1. The third-order valence-corrected chi connectivity index (χ3v) is 5.94. The Hall–Kier alpha value is -2.91. The largest absolute Gasteiger partial charge is 0.478 e. The number of aryl methyl sites for hydroxylation is 1. The first kappa shape index (κ1) is 22.3. The molecular formula is C23H32N6O3. The fraction of sp³-hybridized carbons (Fsp3) is 0.522. The summed E-state index contributed by atoms with van der Waals surface area (Å²) in [6, 6.07) is 8.31. The van der Waals surface area contributed by atoms with E-state index in [4.69, 9.17) is 14.8 Å². The second-order valence-corrected chi connectivity index (χ2v) is 8.08. The highest BCUT2D eigenvalue weighted by molar-refractivity contribution is 5.86. The van der Waals surface area contributed by atoms with Gasteiger partial charge in [-0.15, -0.1) is 0 Å². The van der Waals surface area contributed by atoms with E-state index >= 15 is 0 Å². The third-order valence-electron chi connectivity index (χ3n) is 5.94. The molecule has 4 rings (SSSR count). The summed E-state index contributed by atoms with van der Waals surface area (Å²) in [5.74, 6) is 0.110. The molecule has 172 valence electrons. The minimum absolute atomic E-state index is 0.244. The lowest BCUT2D eigenvalue weighted by Gasteiger charge is -2.35. The van der Waals surface area contributed by atoms with Crippen LogP contribution in [0.2, 0.25) is 0 Å². The van der Waals surface area contributed by atoms with Crippen LogP contribution in [0.4, 0.5) is 5.95 Å². The van der Waals surface area contributed by atoms with Gasteiger partial charge in [-0.05, 0) is 38.4 Å². The quantitative estimate of drug-likeness (QED) is 0.459. The van der Waals surface area contributed by atoms with E-state index in [9.17, 15) is 4.79 Å². The first-order valence-electron chi connectivity index (χ1n) is 11.4. The maximum absolute atomic E-state index is 10.9. The second-order valence-electron chi connectivity index (χ2n) is 8.08. The van der Waals surface area contributed by atoms with E-state index in [1.54, 1.807) is 10.9 Å². The standard InChI is InChI=1S/C23H32N6O3/c1-2-32-16-15-29-21-8-4-3-7-20(21)25-23(29)27-13-11-26(12-14-27)9-5-6-10-28-18-19(17-24-28)22(30)31/h3-4,7-8,17-18H,2,5-6,9-16H2,1H3,(H,30,31). The molecule has 1 N–H and O–H groups in total. The number of hydrogen-bond acceptors (Lipinski definition) is 6. The number of aromatic nitrogens is 4. The Morgan fingerprint density at radius 2 is 1.88 bits per heavy atom. The van der Waals surface area contributed by atoms with Crippen molar-refractivity contribution in [2.24, 2.45) is 0 Å². The van der Waals surface area contributed by atoms with Crippen molar-refractivity contribution in [2.75, 3.05) is 50.8 Å². The highest BCUT2D eigenvalue weighted by atomic mass is 16.5. The Labute approximate surface area is 188 Å². The second kappa shape index (κ2) is 10.6. The van der Waals surface area contributed by atoms with Gasteiger partial charge in [-0.25, -0.2) is 9.78 Å². The Bertz CT molecular complexity index is 1020. The molecule has 9 heteroatoms. The molecule has 0 radical (unpaired) electrons. The van der Waals surface area contributed by atoms with Gasteiger partial charge in [0, 0.05) is 52.1 Å². The highest BCUT2D eigenvalue weighted by Crippen LogP contribution is 2.23. The van der Waals surface area contributed by atoms with Crippen LogP contribution in [0.25, 0.3) is 11.0 Å². The van der Waals surface area contributed by atoms with Gasteiger partial charge in [0.25, 0.3) is 0 Å². The summed E-state index contributed by atoms with van der Waals surface area (Å²) in [4.78, 5) is 20.8. The van der Waals surface area contributed by atoms with Crippen molar-refractivity contribution < 1.29 is 14.6 Å². The molecule has 0 atom stereocenters. The predicted molar refractivity (Wildman–Crippen MR) is 123 cm³/mol. The van der Waals surface area contributed by atoms with Crippen LogP contribution in [-0.2, 0) is 17.8 Å². The van der Waals surface area contributed by atoms with E-state index in [2.05, 4.69) is 37.7 Å². The number of rotatable bonds is 11. The molecule has 3 aromatic rings. The zero-order chi connectivity index (χ0) is 22.3. The van der Waals surface area contributed by atoms with Gasteiger partial charge >= 0.3 is 5.97 Å². The lowest BCUT2D eigenvalue weighted by Crippen LogP contribution is -2.47. The minimum Gasteiger partial charge on any atom is -0.478 e. The van der Waals surface area contributed by atoms with Gasteiger partial charge in [-0.1, -0.05) is 12.1 Å². The lowest BCUT2D eigenvalue weighted by atomic mass is 10.2. The summed E-state index contributed by atoms with van der Waals surface area (Å²) in [7, 11) is 0. The van der Waals surface area contributed by atoms with Gasteiger partial charge in [0.05, 0.1) is 29.4 Å². The number of nitrogens with zero attached hydrogens (tertiary/aromatic N) is 6. The molecule has 1 fully saturated rings. The molecule has 3 heterocycles. The van der Waals surface area contributed by atoms with Crippen LogP contribution in [0, 0.1) is 0 Å². The molecule has 32 heavy (non-hydrogen) atoms. The Kier molecular flexibility index (Phi) is 7.39. The minimum atomic E-state index is -0.930. The number of fused-ring (bicyclic) bond motifs is 1. The molecule has 0 saturated carbocycles. The first-order chi connectivity index (χ1) is 15.7. The summed E-state index contributed by atoms with van der Waals surface area (Å²) < 4.78 is 9.61. The van der Waals surface area contributed by atoms with Crippen LogP contribution < -0.4 is 4.90 Å². The first-order valence-corrected chi connectivity index (χ1v) is 11.4. The number of carboxylic acid groups (broad SMARTS) is 1. The zero-order valence-electron chi connectivity index (χ0n) is 18.7. The summed E-state index contributed by atoms with van der Waals surface area (Å²) in [5.41, 5.74) is 2.44. The van der Waals surface area contributed by atoms with Crippen LogP contribution >= 0.6 is 0 Å². The summed E-state index contributed by atoms with van der Waals surface area (Å²) >= 11 is 0. The monoisotopic (exact) mass is 440 g/mol. The van der Waals surface area contributed by atoms with Crippen LogP contribution in [0.1, 0.15) is 30.1 Å². The number of imidazole rings is 1. The average molecular weight is 441 g/mol. The number of aromatic carboxylic acids is 1. The Morgan fingerprint density at radius 1 is 1.09 bits per heavy atom. The van der Waals surface area contributed by atoms with Gasteiger partial charge in [0.2, 0.25) is 5.95 Å². The molecule has 0 unspecified atom stereocenters. The molecular weight excluding hydrogens is 408 g/mol. The maximum Gasteiger partial charge on any atom is 0.338 e. The van der Waals surface area contributed by atoms with Gasteiger partial charge in [-0.2, -0.15) is 5.10 Å². The fourth-order valence-electron chi connectivity index (χ4n) is 4.20. The van der Waals surface area contributed by atoms with Crippen molar-refractivity contribution in [3.63, 3.8) is 0 Å². The van der Waals surface area contributed by atoms with Gasteiger partial charge in [0.1, 0.15) is 0 Å². The zero-order valence-corrected chi connectivity index (χ0v) is 18.7. The molecule has 1 aliphatic rings.